The second-order valence-electron chi connectivity index (χ2n) is 8.73. The maximum atomic E-state index is 12.9. The fourth-order valence-corrected chi connectivity index (χ4v) is 4.49. The average Bonchev–Trinajstić information content (AvgIpc) is 2.84. The van der Waals surface area contributed by atoms with Gasteiger partial charge in [-0.05, 0) is 55.5 Å². The van der Waals surface area contributed by atoms with Gasteiger partial charge in [-0.2, -0.15) is 0 Å². The van der Waals surface area contributed by atoms with Gasteiger partial charge in [-0.15, -0.1) is 0 Å². The van der Waals surface area contributed by atoms with Crippen molar-refractivity contribution < 1.29 is 9.59 Å². The SMILES string of the molecule is CC(=O)Nc1cccc(-c2cccc(C3CCCN(C(=O)CCCc4ccccc4)C3)n2)c1. The zero-order chi connectivity index (χ0) is 23.0. The van der Waals surface area contributed by atoms with Gasteiger partial charge in [0.05, 0.1) is 5.69 Å². The third-order valence-electron chi connectivity index (χ3n) is 6.14. The van der Waals surface area contributed by atoms with Crippen molar-refractivity contribution in [3.63, 3.8) is 0 Å². The van der Waals surface area contributed by atoms with Crippen molar-refractivity contribution >= 4 is 17.5 Å². The van der Waals surface area contributed by atoms with Crippen molar-refractivity contribution in [1.82, 2.24) is 9.88 Å². The zero-order valence-corrected chi connectivity index (χ0v) is 19.2. The number of rotatable bonds is 7. The van der Waals surface area contributed by atoms with E-state index in [4.69, 9.17) is 4.98 Å². The van der Waals surface area contributed by atoms with Gasteiger partial charge in [0.15, 0.2) is 0 Å². The normalized spacial score (nSPS) is 15.8. The number of amides is 2. The summed E-state index contributed by atoms with van der Waals surface area (Å²) in [6.07, 6.45) is 4.44. The van der Waals surface area contributed by atoms with Crippen LogP contribution in [0.2, 0.25) is 0 Å². The van der Waals surface area contributed by atoms with Gasteiger partial charge in [0.1, 0.15) is 0 Å². The summed E-state index contributed by atoms with van der Waals surface area (Å²) >= 11 is 0. The van der Waals surface area contributed by atoms with Gasteiger partial charge in [0, 0.05) is 49.3 Å². The molecule has 2 aromatic carbocycles. The van der Waals surface area contributed by atoms with Gasteiger partial charge >= 0.3 is 0 Å². The van der Waals surface area contributed by atoms with E-state index in [0.29, 0.717) is 6.42 Å². The lowest BCUT2D eigenvalue weighted by Crippen LogP contribution is -2.39. The molecule has 1 N–H and O–H groups in total. The van der Waals surface area contributed by atoms with Crippen molar-refractivity contribution in [2.75, 3.05) is 18.4 Å². The lowest BCUT2D eigenvalue weighted by molar-refractivity contribution is -0.132. The summed E-state index contributed by atoms with van der Waals surface area (Å²) in [5.41, 5.74) is 4.92. The molecule has 33 heavy (non-hydrogen) atoms. The highest BCUT2D eigenvalue weighted by Gasteiger charge is 2.25. The molecule has 0 radical (unpaired) electrons. The number of hydrogen-bond acceptors (Lipinski definition) is 3. The minimum atomic E-state index is -0.0930. The van der Waals surface area contributed by atoms with Gasteiger partial charge in [0.25, 0.3) is 0 Å². The monoisotopic (exact) mass is 441 g/mol. The van der Waals surface area contributed by atoms with E-state index in [1.54, 1.807) is 0 Å². The molecular formula is C28H31N3O2. The molecule has 2 heterocycles. The molecular weight excluding hydrogens is 410 g/mol. The van der Waals surface area contributed by atoms with E-state index < -0.39 is 0 Å². The van der Waals surface area contributed by atoms with Crippen LogP contribution in [0.5, 0.6) is 0 Å². The predicted octanol–water partition coefficient (Wildman–Crippen LogP) is 5.44. The third-order valence-corrected chi connectivity index (χ3v) is 6.14. The topological polar surface area (TPSA) is 62.3 Å². The van der Waals surface area contributed by atoms with E-state index in [1.807, 2.05) is 59.5 Å². The van der Waals surface area contributed by atoms with Crippen molar-refractivity contribution in [3.8, 4) is 11.3 Å². The van der Waals surface area contributed by atoms with Crippen LogP contribution < -0.4 is 5.32 Å². The minimum absolute atomic E-state index is 0.0930. The first-order valence-electron chi connectivity index (χ1n) is 11.7. The largest absolute Gasteiger partial charge is 0.342 e. The van der Waals surface area contributed by atoms with E-state index in [-0.39, 0.29) is 17.7 Å². The Hall–Kier alpha value is -3.47. The third kappa shape index (κ3) is 6.28. The van der Waals surface area contributed by atoms with E-state index in [1.165, 1.54) is 12.5 Å². The summed E-state index contributed by atoms with van der Waals surface area (Å²) in [6, 6.07) is 24.2. The van der Waals surface area contributed by atoms with Crippen LogP contribution in [-0.4, -0.2) is 34.8 Å². The molecule has 1 aliphatic heterocycles. The van der Waals surface area contributed by atoms with E-state index in [2.05, 4.69) is 23.5 Å². The van der Waals surface area contributed by atoms with E-state index in [9.17, 15) is 9.59 Å². The number of likely N-dealkylation sites (tertiary alicyclic amines) is 1. The van der Waals surface area contributed by atoms with Crippen LogP contribution in [0.3, 0.4) is 0 Å². The molecule has 0 aliphatic carbocycles. The molecule has 1 atom stereocenters. The van der Waals surface area contributed by atoms with Crippen LogP contribution >= 0.6 is 0 Å². The van der Waals surface area contributed by atoms with Gasteiger partial charge in [0.2, 0.25) is 11.8 Å². The molecule has 0 saturated carbocycles. The molecule has 1 aliphatic rings. The Labute approximate surface area is 195 Å². The number of carbonyl (C=O) groups excluding carboxylic acids is 2. The Kier molecular flexibility index (Phi) is 7.51. The fourth-order valence-electron chi connectivity index (χ4n) is 4.49. The minimum Gasteiger partial charge on any atom is -0.342 e. The van der Waals surface area contributed by atoms with Crippen LogP contribution in [0.15, 0.2) is 72.8 Å². The Morgan fingerprint density at radius 2 is 1.85 bits per heavy atom. The summed E-state index contributed by atoms with van der Waals surface area (Å²) in [4.78, 5) is 31.2. The molecule has 1 aromatic heterocycles. The number of nitrogens with zero attached hydrogens (tertiary/aromatic N) is 2. The molecule has 5 nitrogen and oxygen atoms in total. The highest BCUT2D eigenvalue weighted by Crippen LogP contribution is 2.29. The molecule has 5 heteroatoms. The number of nitrogens with one attached hydrogen (secondary N) is 1. The zero-order valence-electron chi connectivity index (χ0n) is 19.2. The molecule has 1 fully saturated rings. The second kappa shape index (κ2) is 10.9. The number of hydrogen-bond donors (Lipinski definition) is 1. The molecule has 3 aromatic rings. The summed E-state index contributed by atoms with van der Waals surface area (Å²) in [7, 11) is 0. The van der Waals surface area contributed by atoms with Crippen molar-refractivity contribution in [2.24, 2.45) is 0 Å². The van der Waals surface area contributed by atoms with Crippen LogP contribution in [-0.2, 0) is 16.0 Å². The Morgan fingerprint density at radius 1 is 1.03 bits per heavy atom. The van der Waals surface area contributed by atoms with E-state index in [0.717, 1.165) is 61.4 Å². The molecule has 0 bridgehead atoms. The number of carbonyl (C=O) groups is 2. The Balaban J connectivity index is 1.39. The first-order chi connectivity index (χ1) is 16.1. The molecule has 2 amide bonds. The summed E-state index contributed by atoms with van der Waals surface area (Å²) in [5, 5.41) is 2.83. The van der Waals surface area contributed by atoms with Crippen LogP contribution in [0.4, 0.5) is 5.69 Å². The van der Waals surface area contributed by atoms with Gasteiger partial charge in [-0.25, -0.2) is 0 Å². The van der Waals surface area contributed by atoms with Crippen molar-refractivity contribution in [2.45, 2.75) is 44.9 Å². The number of anilines is 1. The lowest BCUT2D eigenvalue weighted by atomic mass is 9.93. The first-order valence-corrected chi connectivity index (χ1v) is 11.7. The maximum absolute atomic E-state index is 12.9. The molecule has 1 unspecified atom stereocenters. The van der Waals surface area contributed by atoms with Gasteiger partial charge in [-0.3, -0.25) is 14.6 Å². The first kappa shape index (κ1) is 22.7. The fraction of sp³-hybridized carbons (Fsp3) is 0.321. The predicted molar refractivity (Wildman–Crippen MR) is 132 cm³/mol. The maximum Gasteiger partial charge on any atom is 0.222 e. The molecule has 170 valence electrons. The molecule has 1 saturated heterocycles. The van der Waals surface area contributed by atoms with Crippen LogP contribution in [0.25, 0.3) is 11.3 Å². The summed E-state index contributed by atoms with van der Waals surface area (Å²) in [5.74, 6) is 0.398. The van der Waals surface area contributed by atoms with Crippen LogP contribution in [0, 0.1) is 0 Å². The highest BCUT2D eigenvalue weighted by atomic mass is 16.2. The Morgan fingerprint density at radius 3 is 2.67 bits per heavy atom. The quantitative estimate of drug-likeness (QED) is 0.531. The molecule has 4 rings (SSSR count). The van der Waals surface area contributed by atoms with Gasteiger partial charge in [-0.1, -0.05) is 48.5 Å². The standard InChI is InChI=1S/C28H31N3O2/c1-21(32)29-25-14-6-12-23(19-25)26-15-7-16-27(30-26)24-13-8-18-31(20-24)28(33)17-5-11-22-9-3-2-4-10-22/h2-4,6-7,9-10,12,14-16,19,24H,5,8,11,13,17-18,20H2,1H3,(H,29,32). The lowest BCUT2D eigenvalue weighted by Gasteiger charge is -2.32. The number of aromatic nitrogens is 1. The molecule has 0 spiro atoms. The summed E-state index contributed by atoms with van der Waals surface area (Å²) < 4.78 is 0. The number of pyridine rings is 1. The average molecular weight is 442 g/mol. The van der Waals surface area contributed by atoms with E-state index >= 15 is 0 Å². The van der Waals surface area contributed by atoms with Gasteiger partial charge < -0.3 is 10.2 Å². The number of piperidine rings is 1. The number of benzene rings is 2. The highest BCUT2D eigenvalue weighted by molar-refractivity contribution is 5.89. The van der Waals surface area contributed by atoms with Crippen molar-refractivity contribution in [3.05, 3.63) is 84.1 Å². The van der Waals surface area contributed by atoms with Crippen molar-refractivity contribution in [1.29, 1.82) is 0 Å². The second-order valence-corrected chi connectivity index (χ2v) is 8.73. The smallest absolute Gasteiger partial charge is 0.222 e. The van der Waals surface area contributed by atoms with Crippen LogP contribution in [0.1, 0.15) is 49.8 Å². The summed E-state index contributed by atoms with van der Waals surface area (Å²) in [6.45, 7) is 3.06. The number of aryl methyl sites for hydroxylation is 1. The Bertz CT molecular complexity index is 1100.